The van der Waals surface area contributed by atoms with E-state index in [2.05, 4.69) is 25.1 Å². The fourth-order valence-electron chi connectivity index (χ4n) is 3.57. The Balaban J connectivity index is 2.01. The molecule has 1 unspecified atom stereocenters. The summed E-state index contributed by atoms with van der Waals surface area (Å²) in [6.07, 6.45) is 0.469. The SMILES string of the molecule is Cc1ccc2c(c1)C1(CO2)CC(=O)N(C)c2ccccc21. The second-order valence-electron chi connectivity index (χ2n) is 6.02. The van der Waals surface area contributed by atoms with Gasteiger partial charge in [-0.05, 0) is 24.6 Å². The van der Waals surface area contributed by atoms with E-state index in [0.29, 0.717) is 13.0 Å². The molecule has 106 valence electrons. The van der Waals surface area contributed by atoms with Crippen molar-refractivity contribution in [2.45, 2.75) is 18.8 Å². The van der Waals surface area contributed by atoms with Gasteiger partial charge in [0.1, 0.15) is 12.4 Å². The maximum absolute atomic E-state index is 12.5. The number of ether oxygens (including phenoxy) is 1. The number of fused-ring (bicyclic) bond motifs is 4. The molecule has 2 aliphatic heterocycles. The summed E-state index contributed by atoms with van der Waals surface area (Å²) in [4.78, 5) is 14.2. The van der Waals surface area contributed by atoms with Crippen LogP contribution in [0.4, 0.5) is 5.69 Å². The highest BCUT2D eigenvalue weighted by atomic mass is 16.5. The molecule has 3 nitrogen and oxygen atoms in total. The first-order valence-corrected chi connectivity index (χ1v) is 7.22. The number of benzene rings is 2. The molecule has 0 N–H and O–H groups in total. The number of carbonyl (C=O) groups excluding carboxylic acids is 1. The molecule has 0 radical (unpaired) electrons. The monoisotopic (exact) mass is 279 g/mol. The molecule has 2 heterocycles. The van der Waals surface area contributed by atoms with E-state index < -0.39 is 0 Å². The second kappa shape index (κ2) is 4.10. The van der Waals surface area contributed by atoms with Crippen LogP contribution in [0, 0.1) is 6.92 Å². The van der Waals surface area contributed by atoms with Gasteiger partial charge in [-0.2, -0.15) is 0 Å². The second-order valence-corrected chi connectivity index (χ2v) is 6.02. The van der Waals surface area contributed by atoms with Crippen molar-refractivity contribution >= 4 is 11.6 Å². The molecule has 1 atom stereocenters. The highest BCUT2D eigenvalue weighted by molar-refractivity contribution is 5.98. The van der Waals surface area contributed by atoms with E-state index in [-0.39, 0.29) is 11.3 Å². The summed E-state index contributed by atoms with van der Waals surface area (Å²) < 4.78 is 5.92. The number of nitrogens with zero attached hydrogens (tertiary/aromatic N) is 1. The number of hydrogen-bond acceptors (Lipinski definition) is 2. The summed E-state index contributed by atoms with van der Waals surface area (Å²) in [5, 5.41) is 0. The predicted octanol–water partition coefficient (Wildman–Crippen LogP) is 3.04. The van der Waals surface area contributed by atoms with Crippen molar-refractivity contribution in [2.75, 3.05) is 18.6 Å². The van der Waals surface area contributed by atoms with E-state index in [9.17, 15) is 4.79 Å². The lowest BCUT2D eigenvalue weighted by Gasteiger charge is -2.38. The zero-order valence-electron chi connectivity index (χ0n) is 12.2. The van der Waals surface area contributed by atoms with Crippen molar-refractivity contribution in [2.24, 2.45) is 0 Å². The van der Waals surface area contributed by atoms with Crippen molar-refractivity contribution in [1.82, 2.24) is 0 Å². The summed E-state index contributed by atoms with van der Waals surface area (Å²) in [6, 6.07) is 14.4. The average Bonchev–Trinajstić information content (AvgIpc) is 2.84. The van der Waals surface area contributed by atoms with E-state index in [0.717, 1.165) is 17.0 Å². The molecule has 0 fully saturated rings. The Morgan fingerprint density at radius 2 is 1.95 bits per heavy atom. The van der Waals surface area contributed by atoms with Crippen molar-refractivity contribution in [3.05, 3.63) is 59.2 Å². The molecule has 2 aromatic carbocycles. The van der Waals surface area contributed by atoms with Crippen molar-refractivity contribution < 1.29 is 9.53 Å². The van der Waals surface area contributed by atoms with Crippen LogP contribution in [0.3, 0.4) is 0 Å². The van der Waals surface area contributed by atoms with Gasteiger partial charge in [-0.25, -0.2) is 0 Å². The Morgan fingerprint density at radius 1 is 1.14 bits per heavy atom. The number of rotatable bonds is 0. The largest absolute Gasteiger partial charge is 0.492 e. The van der Waals surface area contributed by atoms with Crippen LogP contribution >= 0.6 is 0 Å². The van der Waals surface area contributed by atoms with E-state index in [1.165, 1.54) is 11.1 Å². The Hall–Kier alpha value is -2.29. The zero-order chi connectivity index (χ0) is 14.6. The fraction of sp³-hybridized carbons (Fsp3) is 0.278. The van der Waals surface area contributed by atoms with Gasteiger partial charge < -0.3 is 9.64 Å². The normalized spacial score (nSPS) is 23.0. The number of para-hydroxylation sites is 1. The molecular formula is C18H17NO2. The molecule has 0 aromatic heterocycles. The third kappa shape index (κ3) is 1.57. The molecule has 0 aliphatic carbocycles. The van der Waals surface area contributed by atoms with E-state index >= 15 is 0 Å². The van der Waals surface area contributed by atoms with Crippen LogP contribution in [-0.2, 0) is 10.2 Å². The molecule has 2 aliphatic rings. The Bertz CT molecular complexity index is 753. The topological polar surface area (TPSA) is 29.5 Å². The molecule has 0 bridgehead atoms. The Kier molecular flexibility index (Phi) is 2.43. The zero-order valence-corrected chi connectivity index (χ0v) is 12.2. The lowest BCUT2D eigenvalue weighted by atomic mass is 9.70. The van der Waals surface area contributed by atoms with Gasteiger partial charge in [0, 0.05) is 24.7 Å². The summed E-state index contributed by atoms with van der Waals surface area (Å²) in [7, 11) is 1.85. The minimum atomic E-state index is -0.332. The van der Waals surface area contributed by atoms with E-state index in [4.69, 9.17) is 4.74 Å². The summed E-state index contributed by atoms with van der Waals surface area (Å²) >= 11 is 0. The van der Waals surface area contributed by atoms with Gasteiger partial charge in [0.25, 0.3) is 0 Å². The van der Waals surface area contributed by atoms with Crippen molar-refractivity contribution in [3.8, 4) is 5.75 Å². The smallest absolute Gasteiger partial charge is 0.228 e. The van der Waals surface area contributed by atoms with Gasteiger partial charge in [-0.15, -0.1) is 0 Å². The molecule has 0 saturated heterocycles. The third-order valence-electron chi connectivity index (χ3n) is 4.73. The standard InChI is InChI=1S/C18H17NO2/c1-12-7-8-16-14(9-12)18(11-21-16)10-17(20)19(2)15-6-4-3-5-13(15)18/h3-9H,10-11H2,1-2H3. The molecule has 2 aromatic rings. The first kappa shape index (κ1) is 12.5. The molecule has 1 spiro atoms. The molecule has 4 rings (SSSR count). The maximum Gasteiger partial charge on any atom is 0.228 e. The van der Waals surface area contributed by atoms with Gasteiger partial charge in [0.05, 0.1) is 5.41 Å². The minimum absolute atomic E-state index is 0.145. The number of hydrogen-bond donors (Lipinski definition) is 0. The quantitative estimate of drug-likeness (QED) is 0.742. The molecular weight excluding hydrogens is 262 g/mol. The van der Waals surface area contributed by atoms with Crippen molar-refractivity contribution in [3.63, 3.8) is 0 Å². The number of amides is 1. The van der Waals surface area contributed by atoms with Crippen LogP contribution in [0.15, 0.2) is 42.5 Å². The number of aryl methyl sites for hydroxylation is 1. The Labute approximate surface area is 124 Å². The predicted molar refractivity (Wildman–Crippen MR) is 81.9 cm³/mol. The van der Waals surface area contributed by atoms with Crippen LogP contribution in [0.25, 0.3) is 0 Å². The molecule has 3 heteroatoms. The van der Waals surface area contributed by atoms with Gasteiger partial charge >= 0.3 is 0 Å². The van der Waals surface area contributed by atoms with Crippen LogP contribution in [0.2, 0.25) is 0 Å². The fourth-order valence-corrected chi connectivity index (χ4v) is 3.57. The Morgan fingerprint density at radius 3 is 2.81 bits per heavy atom. The highest BCUT2D eigenvalue weighted by Gasteiger charge is 2.48. The lowest BCUT2D eigenvalue weighted by molar-refractivity contribution is -0.119. The number of anilines is 1. The third-order valence-corrected chi connectivity index (χ3v) is 4.73. The molecule has 21 heavy (non-hydrogen) atoms. The van der Waals surface area contributed by atoms with Crippen LogP contribution in [0.1, 0.15) is 23.1 Å². The van der Waals surface area contributed by atoms with Crippen molar-refractivity contribution in [1.29, 1.82) is 0 Å². The van der Waals surface area contributed by atoms with E-state index in [1.54, 1.807) is 4.90 Å². The molecule has 0 saturated carbocycles. The summed E-state index contributed by atoms with van der Waals surface area (Å²) in [5.74, 6) is 1.06. The average molecular weight is 279 g/mol. The first-order chi connectivity index (χ1) is 10.1. The summed E-state index contributed by atoms with van der Waals surface area (Å²) in [6.45, 7) is 2.62. The van der Waals surface area contributed by atoms with E-state index in [1.807, 2.05) is 31.3 Å². The minimum Gasteiger partial charge on any atom is -0.492 e. The number of carbonyl (C=O) groups is 1. The maximum atomic E-state index is 12.5. The van der Waals surface area contributed by atoms with Crippen LogP contribution in [0.5, 0.6) is 5.75 Å². The van der Waals surface area contributed by atoms with Gasteiger partial charge in [-0.3, -0.25) is 4.79 Å². The van der Waals surface area contributed by atoms with Gasteiger partial charge in [-0.1, -0.05) is 35.9 Å². The lowest BCUT2D eigenvalue weighted by Crippen LogP contribution is -2.44. The molecule has 1 amide bonds. The highest BCUT2D eigenvalue weighted by Crippen LogP contribution is 2.51. The van der Waals surface area contributed by atoms with Crippen LogP contribution < -0.4 is 9.64 Å². The first-order valence-electron chi connectivity index (χ1n) is 7.22. The van der Waals surface area contributed by atoms with Gasteiger partial charge in [0.2, 0.25) is 5.91 Å². The van der Waals surface area contributed by atoms with Crippen LogP contribution in [-0.4, -0.2) is 19.6 Å². The van der Waals surface area contributed by atoms with Gasteiger partial charge in [0.15, 0.2) is 0 Å². The summed E-state index contributed by atoms with van der Waals surface area (Å²) in [5.41, 5.74) is 4.20.